The van der Waals surface area contributed by atoms with Gasteiger partial charge in [0.05, 0.1) is 0 Å². The van der Waals surface area contributed by atoms with Gasteiger partial charge in [-0.2, -0.15) is 0 Å². The molecule has 3 heteroatoms. The molecule has 1 N–H and O–H groups in total. The van der Waals surface area contributed by atoms with E-state index in [1.165, 1.54) is 31.2 Å². The van der Waals surface area contributed by atoms with E-state index in [4.69, 9.17) is 0 Å². The van der Waals surface area contributed by atoms with Crippen molar-refractivity contribution in [2.24, 2.45) is 0 Å². The summed E-state index contributed by atoms with van der Waals surface area (Å²) in [5.74, 6) is 0.135. The van der Waals surface area contributed by atoms with Gasteiger partial charge in [0.1, 0.15) is 0 Å². The first-order chi connectivity index (χ1) is 8.33. The maximum atomic E-state index is 11.5. The predicted molar refractivity (Wildman–Crippen MR) is 73.8 cm³/mol. The normalized spacial score (nSPS) is 10.2. The van der Waals surface area contributed by atoms with Gasteiger partial charge in [0.15, 0.2) is 0 Å². The fourth-order valence-corrected chi connectivity index (χ4v) is 2.17. The zero-order chi connectivity index (χ0) is 12.3. The molecule has 0 atom stereocenters. The van der Waals surface area contributed by atoms with Crippen LogP contribution < -0.4 is 4.72 Å². The summed E-state index contributed by atoms with van der Waals surface area (Å²) in [5, 5.41) is 0. The van der Waals surface area contributed by atoms with Gasteiger partial charge >= 0.3 is 0 Å². The summed E-state index contributed by atoms with van der Waals surface area (Å²) in [6.45, 7) is 2.20. The topological polar surface area (TPSA) is 29.1 Å². The minimum Gasteiger partial charge on any atom is -0.296 e. The highest BCUT2D eigenvalue weighted by Crippen LogP contribution is 2.13. The van der Waals surface area contributed by atoms with Crippen LogP contribution in [0.5, 0.6) is 0 Å². The summed E-state index contributed by atoms with van der Waals surface area (Å²) in [7, 11) is 0. The van der Waals surface area contributed by atoms with Crippen molar-refractivity contribution in [1.82, 2.24) is 4.72 Å². The second kappa shape index (κ2) is 9.11. The van der Waals surface area contributed by atoms with Crippen LogP contribution in [0.3, 0.4) is 0 Å². The van der Waals surface area contributed by atoms with Gasteiger partial charge in [0.25, 0.3) is 0 Å². The van der Waals surface area contributed by atoms with E-state index in [0.717, 1.165) is 17.7 Å². The summed E-state index contributed by atoms with van der Waals surface area (Å²) in [5.41, 5.74) is 0. The van der Waals surface area contributed by atoms with Gasteiger partial charge in [-0.05, 0) is 30.5 Å². The molecule has 17 heavy (non-hydrogen) atoms. The number of rotatable bonds is 8. The number of carbonyl (C=O) groups excluding carboxylic acids is 1. The third-order valence-corrected chi connectivity index (χ3v) is 3.37. The summed E-state index contributed by atoms with van der Waals surface area (Å²) >= 11 is 1.40. The van der Waals surface area contributed by atoms with Crippen molar-refractivity contribution in [3.05, 3.63) is 30.3 Å². The number of unbranched alkanes of at least 4 members (excludes halogenated alkanes) is 4. The van der Waals surface area contributed by atoms with Gasteiger partial charge in [-0.1, -0.05) is 50.8 Å². The summed E-state index contributed by atoms with van der Waals surface area (Å²) < 4.78 is 2.87. The van der Waals surface area contributed by atoms with E-state index in [-0.39, 0.29) is 5.91 Å². The molecule has 0 unspecified atom stereocenters. The van der Waals surface area contributed by atoms with E-state index in [0.29, 0.717) is 6.42 Å². The number of carbonyl (C=O) groups is 1. The monoisotopic (exact) mass is 251 g/mol. The molecule has 1 aromatic carbocycles. The Hall–Kier alpha value is -0.960. The van der Waals surface area contributed by atoms with Crippen LogP contribution in [-0.2, 0) is 4.79 Å². The van der Waals surface area contributed by atoms with Crippen LogP contribution in [0.1, 0.15) is 45.4 Å². The first-order valence-corrected chi connectivity index (χ1v) is 7.15. The summed E-state index contributed by atoms with van der Waals surface area (Å²) in [4.78, 5) is 12.6. The first kappa shape index (κ1) is 14.1. The Bertz CT molecular complexity index is 313. The van der Waals surface area contributed by atoms with E-state index >= 15 is 0 Å². The smallest absolute Gasteiger partial charge is 0.230 e. The van der Waals surface area contributed by atoms with E-state index in [1.54, 1.807) is 0 Å². The van der Waals surface area contributed by atoms with Crippen molar-refractivity contribution < 1.29 is 4.79 Å². The van der Waals surface area contributed by atoms with Crippen LogP contribution in [0.25, 0.3) is 0 Å². The molecule has 1 rings (SSSR count). The molecule has 0 fully saturated rings. The third kappa shape index (κ3) is 7.05. The fraction of sp³-hybridized carbons (Fsp3) is 0.500. The number of hydrogen-bond acceptors (Lipinski definition) is 2. The van der Waals surface area contributed by atoms with E-state index in [1.807, 2.05) is 30.3 Å². The van der Waals surface area contributed by atoms with E-state index in [2.05, 4.69) is 11.6 Å². The van der Waals surface area contributed by atoms with Crippen molar-refractivity contribution >= 4 is 17.9 Å². The second-order valence-electron chi connectivity index (χ2n) is 4.10. The summed E-state index contributed by atoms with van der Waals surface area (Å²) in [6, 6.07) is 9.90. The highest BCUT2D eigenvalue weighted by atomic mass is 32.2. The molecule has 0 radical (unpaired) electrons. The van der Waals surface area contributed by atoms with Crippen LogP contribution in [0.4, 0.5) is 0 Å². The minimum absolute atomic E-state index is 0.135. The molecule has 0 aromatic heterocycles. The lowest BCUT2D eigenvalue weighted by Gasteiger charge is -2.04. The lowest BCUT2D eigenvalue weighted by atomic mass is 10.1. The molecule has 0 aliphatic carbocycles. The molecule has 0 saturated carbocycles. The zero-order valence-electron chi connectivity index (χ0n) is 10.4. The molecule has 0 spiro atoms. The standard InChI is InChI=1S/C14H21NOS/c1-2-3-4-5-9-12-14(16)15-17-13-10-7-6-8-11-13/h6-8,10-11H,2-5,9,12H2,1H3,(H,15,16). The predicted octanol–water partition coefficient (Wildman–Crippen LogP) is 4.17. The van der Waals surface area contributed by atoms with Gasteiger partial charge in [-0.25, -0.2) is 0 Å². The van der Waals surface area contributed by atoms with Gasteiger partial charge in [0.2, 0.25) is 5.91 Å². The first-order valence-electron chi connectivity index (χ1n) is 6.33. The van der Waals surface area contributed by atoms with Gasteiger partial charge in [0, 0.05) is 11.3 Å². The molecule has 1 amide bonds. The largest absolute Gasteiger partial charge is 0.296 e. The van der Waals surface area contributed by atoms with Gasteiger partial charge in [-0.3, -0.25) is 9.52 Å². The number of hydrogen-bond donors (Lipinski definition) is 1. The number of amides is 1. The van der Waals surface area contributed by atoms with Crippen LogP contribution in [0.15, 0.2) is 35.2 Å². The molecular formula is C14H21NOS. The molecule has 0 aliphatic heterocycles. The Kier molecular flexibility index (Phi) is 7.56. The Morgan fingerprint density at radius 2 is 1.82 bits per heavy atom. The lowest BCUT2D eigenvalue weighted by molar-refractivity contribution is -0.119. The number of benzene rings is 1. The Balaban J connectivity index is 2.05. The van der Waals surface area contributed by atoms with Crippen LogP contribution >= 0.6 is 11.9 Å². The SMILES string of the molecule is CCCCCCCC(=O)NSc1ccccc1. The molecule has 0 saturated heterocycles. The highest BCUT2D eigenvalue weighted by molar-refractivity contribution is 7.98. The van der Waals surface area contributed by atoms with Gasteiger partial charge < -0.3 is 0 Å². The maximum Gasteiger partial charge on any atom is 0.230 e. The second-order valence-corrected chi connectivity index (χ2v) is 4.98. The molecule has 2 nitrogen and oxygen atoms in total. The zero-order valence-corrected chi connectivity index (χ0v) is 11.3. The van der Waals surface area contributed by atoms with Gasteiger partial charge in [-0.15, -0.1) is 0 Å². The molecule has 94 valence electrons. The summed E-state index contributed by atoms with van der Waals surface area (Å²) in [6.07, 6.45) is 6.58. The maximum absolute atomic E-state index is 11.5. The Morgan fingerprint density at radius 3 is 2.53 bits per heavy atom. The van der Waals surface area contributed by atoms with Crippen molar-refractivity contribution in [1.29, 1.82) is 0 Å². The highest BCUT2D eigenvalue weighted by Gasteiger charge is 2.01. The molecule has 0 heterocycles. The van der Waals surface area contributed by atoms with Crippen molar-refractivity contribution in [3.63, 3.8) is 0 Å². The van der Waals surface area contributed by atoms with E-state index in [9.17, 15) is 4.79 Å². The van der Waals surface area contributed by atoms with Crippen LogP contribution in [0, 0.1) is 0 Å². The van der Waals surface area contributed by atoms with Crippen molar-refractivity contribution in [3.8, 4) is 0 Å². The quantitative estimate of drug-likeness (QED) is 0.555. The molecular weight excluding hydrogens is 230 g/mol. The van der Waals surface area contributed by atoms with Crippen molar-refractivity contribution in [2.75, 3.05) is 0 Å². The molecule has 0 bridgehead atoms. The fourth-order valence-electron chi connectivity index (χ4n) is 1.54. The Labute approximate surface area is 108 Å². The average Bonchev–Trinajstić information content (AvgIpc) is 2.37. The lowest BCUT2D eigenvalue weighted by Crippen LogP contribution is -2.14. The minimum atomic E-state index is 0.135. The number of nitrogens with one attached hydrogen (secondary N) is 1. The van der Waals surface area contributed by atoms with E-state index < -0.39 is 0 Å². The van der Waals surface area contributed by atoms with Crippen molar-refractivity contribution in [2.45, 2.75) is 50.3 Å². The molecule has 1 aromatic rings. The van der Waals surface area contributed by atoms with Crippen LogP contribution in [0.2, 0.25) is 0 Å². The molecule has 0 aliphatic rings. The Morgan fingerprint density at radius 1 is 1.12 bits per heavy atom. The third-order valence-electron chi connectivity index (χ3n) is 2.53. The average molecular weight is 251 g/mol. The van der Waals surface area contributed by atoms with Crippen LogP contribution in [-0.4, -0.2) is 5.91 Å².